The number of halogens is 2. The fraction of sp³-hybridized carbons (Fsp3) is 0.143. The highest BCUT2D eigenvalue weighted by Gasteiger charge is 2.06. The van der Waals surface area contributed by atoms with Crippen LogP contribution in [0, 0.1) is 5.82 Å². The lowest BCUT2D eigenvalue weighted by atomic mass is 10.2. The molecule has 0 saturated heterocycles. The molecule has 0 aliphatic rings. The van der Waals surface area contributed by atoms with Gasteiger partial charge in [0.1, 0.15) is 18.2 Å². The predicted molar refractivity (Wildman–Crippen MR) is 74.0 cm³/mol. The lowest BCUT2D eigenvalue weighted by Gasteiger charge is -2.07. The minimum absolute atomic E-state index is 0.222. The molecule has 0 N–H and O–H groups in total. The Morgan fingerprint density at radius 2 is 2.15 bits per heavy atom. The fourth-order valence-electron chi connectivity index (χ4n) is 1.47. The number of hydrogen-bond donors (Lipinski definition) is 0. The maximum Gasteiger partial charge on any atom is 0.339 e. The second-order valence-corrected chi connectivity index (χ2v) is 4.75. The van der Waals surface area contributed by atoms with Gasteiger partial charge in [0.05, 0.1) is 22.8 Å². The molecular weight excluding hydrogens is 329 g/mol. The third kappa shape index (κ3) is 3.54. The van der Waals surface area contributed by atoms with Crippen molar-refractivity contribution in [2.75, 3.05) is 7.11 Å². The summed E-state index contributed by atoms with van der Waals surface area (Å²) in [6.45, 7) is 0.222. The molecule has 20 heavy (non-hydrogen) atoms. The van der Waals surface area contributed by atoms with Gasteiger partial charge in [-0.05, 0) is 46.3 Å². The van der Waals surface area contributed by atoms with E-state index in [1.165, 1.54) is 31.5 Å². The SMILES string of the molecule is COC(=O)c1ccc(COc2ccc(F)c(Br)c2)nc1. The van der Waals surface area contributed by atoms with Gasteiger partial charge >= 0.3 is 5.97 Å². The molecule has 1 aromatic heterocycles. The molecule has 2 rings (SSSR count). The van der Waals surface area contributed by atoms with Crippen LogP contribution in [0.3, 0.4) is 0 Å². The minimum Gasteiger partial charge on any atom is -0.487 e. The summed E-state index contributed by atoms with van der Waals surface area (Å²) in [6.07, 6.45) is 1.42. The summed E-state index contributed by atoms with van der Waals surface area (Å²) in [5, 5.41) is 0. The van der Waals surface area contributed by atoms with Crippen molar-refractivity contribution in [3.63, 3.8) is 0 Å². The van der Waals surface area contributed by atoms with Crippen LogP contribution in [0.2, 0.25) is 0 Å². The number of carbonyl (C=O) groups excluding carboxylic acids is 1. The molecule has 0 amide bonds. The Labute approximate surface area is 123 Å². The molecule has 0 spiro atoms. The average molecular weight is 340 g/mol. The van der Waals surface area contributed by atoms with Crippen molar-refractivity contribution in [2.24, 2.45) is 0 Å². The summed E-state index contributed by atoms with van der Waals surface area (Å²) in [4.78, 5) is 15.3. The molecule has 1 heterocycles. The van der Waals surface area contributed by atoms with Crippen LogP contribution < -0.4 is 4.74 Å². The number of benzene rings is 1. The zero-order valence-electron chi connectivity index (χ0n) is 10.6. The van der Waals surface area contributed by atoms with Crippen molar-refractivity contribution >= 4 is 21.9 Å². The van der Waals surface area contributed by atoms with Crippen molar-refractivity contribution in [3.8, 4) is 5.75 Å². The molecule has 0 bridgehead atoms. The van der Waals surface area contributed by atoms with Gasteiger partial charge in [0, 0.05) is 6.20 Å². The van der Waals surface area contributed by atoms with E-state index >= 15 is 0 Å². The zero-order valence-corrected chi connectivity index (χ0v) is 12.2. The Bertz CT molecular complexity index is 616. The molecule has 0 aliphatic heterocycles. The molecule has 6 heteroatoms. The van der Waals surface area contributed by atoms with E-state index in [0.717, 1.165) is 0 Å². The van der Waals surface area contributed by atoms with Crippen molar-refractivity contribution in [2.45, 2.75) is 6.61 Å². The van der Waals surface area contributed by atoms with Crippen LogP contribution in [0.5, 0.6) is 5.75 Å². The number of aromatic nitrogens is 1. The number of hydrogen-bond acceptors (Lipinski definition) is 4. The zero-order chi connectivity index (χ0) is 14.5. The third-order valence-electron chi connectivity index (χ3n) is 2.52. The molecule has 0 radical (unpaired) electrons. The summed E-state index contributed by atoms with van der Waals surface area (Å²) >= 11 is 3.08. The monoisotopic (exact) mass is 339 g/mol. The number of methoxy groups -OCH3 is 1. The summed E-state index contributed by atoms with van der Waals surface area (Å²) in [7, 11) is 1.31. The van der Waals surface area contributed by atoms with Crippen molar-refractivity contribution in [1.82, 2.24) is 4.98 Å². The standard InChI is InChI=1S/C14H11BrFNO3/c1-19-14(18)9-2-3-10(17-7-9)8-20-11-4-5-13(16)12(15)6-11/h2-7H,8H2,1H3. The highest BCUT2D eigenvalue weighted by atomic mass is 79.9. The van der Waals surface area contributed by atoms with Gasteiger partial charge in [0.25, 0.3) is 0 Å². The number of carbonyl (C=O) groups is 1. The highest BCUT2D eigenvalue weighted by molar-refractivity contribution is 9.10. The first-order valence-corrected chi connectivity index (χ1v) is 6.50. The molecule has 2 aromatic rings. The van der Waals surface area contributed by atoms with Gasteiger partial charge in [0.2, 0.25) is 0 Å². The Morgan fingerprint density at radius 3 is 2.75 bits per heavy atom. The van der Waals surface area contributed by atoms with Gasteiger partial charge in [-0.2, -0.15) is 0 Å². The largest absolute Gasteiger partial charge is 0.487 e. The lowest BCUT2D eigenvalue weighted by Crippen LogP contribution is -2.04. The van der Waals surface area contributed by atoms with Crippen LogP contribution in [0.15, 0.2) is 41.0 Å². The number of nitrogens with zero attached hydrogens (tertiary/aromatic N) is 1. The molecular formula is C14H11BrFNO3. The molecule has 0 atom stereocenters. The fourth-order valence-corrected chi connectivity index (χ4v) is 1.83. The molecule has 0 fully saturated rings. The second kappa shape index (κ2) is 6.47. The van der Waals surface area contributed by atoms with Crippen LogP contribution >= 0.6 is 15.9 Å². The molecule has 4 nitrogen and oxygen atoms in total. The number of pyridine rings is 1. The first-order chi connectivity index (χ1) is 9.60. The van der Waals surface area contributed by atoms with Crippen LogP contribution in [-0.4, -0.2) is 18.1 Å². The normalized spacial score (nSPS) is 10.2. The van der Waals surface area contributed by atoms with E-state index in [-0.39, 0.29) is 12.4 Å². The Balaban J connectivity index is 2.00. The van der Waals surface area contributed by atoms with Crippen molar-refractivity contribution in [1.29, 1.82) is 0 Å². The summed E-state index contributed by atoms with van der Waals surface area (Å²) in [5.74, 6) is -0.262. The van der Waals surface area contributed by atoms with Crippen LogP contribution in [0.25, 0.3) is 0 Å². The molecule has 104 valence electrons. The first kappa shape index (κ1) is 14.5. The van der Waals surface area contributed by atoms with Gasteiger partial charge < -0.3 is 9.47 Å². The van der Waals surface area contributed by atoms with Crippen LogP contribution in [0.1, 0.15) is 16.1 Å². The summed E-state index contributed by atoms with van der Waals surface area (Å²) in [5.41, 5.74) is 1.03. The average Bonchev–Trinajstić information content (AvgIpc) is 2.48. The Kier molecular flexibility index (Phi) is 4.68. The molecule has 0 unspecified atom stereocenters. The van der Waals surface area contributed by atoms with Gasteiger partial charge in [-0.3, -0.25) is 4.98 Å². The molecule has 0 aliphatic carbocycles. The van der Waals surface area contributed by atoms with E-state index < -0.39 is 5.97 Å². The van der Waals surface area contributed by atoms with E-state index in [1.807, 2.05) is 0 Å². The maximum atomic E-state index is 13.1. The van der Waals surface area contributed by atoms with Gasteiger partial charge in [-0.15, -0.1) is 0 Å². The second-order valence-electron chi connectivity index (χ2n) is 3.89. The predicted octanol–water partition coefficient (Wildman–Crippen LogP) is 3.35. The van der Waals surface area contributed by atoms with E-state index in [4.69, 9.17) is 4.74 Å². The van der Waals surface area contributed by atoms with E-state index in [9.17, 15) is 9.18 Å². The van der Waals surface area contributed by atoms with Crippen LogP contribution in [0.4, 0.5) is 4.39 Å². The quantitative estimate of drug-likeness (QED) is 0.801. The topological polar surface area (TPSA) is 48.4 Å². The van der Waals surface area contributed by atoms with Crippen molar-refractivity contribution < 1.29 is 18.7 Å². The Hall–Kier alpha value is -1.95. The van der Waals surface area contributed by atoms with E-state index in [2.05, 4.69) is 25.7 Å². The Morgan fingerprint density at radius 1 is 1.35 bits per heavy atom. The summed E-state index contributed by atoms with van der Waals surface area (Å²) < 4.78 is 23.5. The number of rotatable bonds is 4. The van der Waals surface area contributed by atoms with E-state index in [0.29, 0.717) is 21.5 Å². The van der Waals surface area contributed by atoms with Crippen LogP contribution in [-0.2, 0) is 11.3 Å². The summed E-state index contributed by atoms with van der Waals surface area (Å²) in [6, 6.07) is 7.66. The van der Waals surface area contributed by atoms with Gasteiger partial charge in [-0.25, -0.2) is 9.18 Å². The number of ether oxygens (including phenoxy) is 2. The molecule has 0 saturated carbocycles. The lowest BCUT2D eigenvalue weighted by molar-refractivity contribution is 0.0600. The number of esters is 1. The van der Waals surface area contributed by atoms with E-state index in [1.54, 1.807) is 12.1 Å². The van der Waals surface area contributed by atoms with Gasteiger partial charge in [0.15, 0.2) is 0 Å². The minimum atomic E-state index is -0.438. The van der Waals surface area contributed by atoms with Gasteiger partial charge in [-0.1, -0.05) is 0 Å². The van der Waals surface area contributed by atoms with Crippen molar-refractivity contribution in [3.05, 3.63) is 58.1 Å². The highest BCUT2D eigenvalue weighted by Crippen LogP contribution is 2.22. The smallest absolute Gasteiger partial charge is 0.339 e. The first-order valence-electron chi connectivity index (χ1n) is 5.71. The maximum absolute atomic E-state index is 13.1. The molecule has 1 aromatic carbocycles. The third-order valence-corrected chi connectivity index (χ3v) is 3.13.